The number of aromatic nitrogens is 2. The van der Waals surface area contributed by atoms with Crippen molar-refractivity contribution in [1.82, 2.24) is 9.55 Å². The second kappa shape index (κ2) is 7.49. The van der Waals surface area contributed by atoms with Crippen molar-refractivity contribution in [3.05, 3.63) is 39.9 Å². The van der Waals surface area contributed by atoms with Gasteiger partial charge < -0.3 is 14.8 Å². The van der Waals surface area contributed by atoms with Gasteiger partial charge in [0.05, 0.1) is 24.3 Å². The molecule has 0 bridgehead atoms. The summed E-state index contributed by atoms with van der Waals surface area (Å²) in [6.07, 6.45) is -4.21. The summed E-state index contributed by atoms with van der Waals surface area (Å²) in [5, 5.41) is 2.44. The fourth-order valence-electron chi connectivity index (χ4n) is 2.56. The number of hydrogen-bond donors (Lipinski definition) is 1. The minimum absolute atomic E-state index is 0.0254. The smallest absolute Gasteiger partial charge is 0.422 e. The minimum atomic E-state index is -4.62. The molecule has 3 rings (SSSR count). The maximum Gasteiger partial charge on any atom is 0.422 e. The van der Waals surface area contributed by atoms with E-state index in [1.807, 2.05) is 6.92 Å². The number of alkyl halides is 3. The van der Waals surface area contributed by atoms with Gasteiger partial charge in [-0.2, -0.15) is 18.2 Å². The lowest BCUT2D eigenvalue weighted by atomic mass is 10.2. The summed E-state index contributed by atoms with van der Waals surface area (Å²) in [6, 6.07) is 2.84. The van der Waals surface area contributed by atoms with Gasteiger partial charge in [-0.1, -0.05) is 6.92 Å². The molecule has 2 heterocycles. The summed E-state index contributed by atoms with van der Waals surface area (Å²) in [4.78, 5) is 28.5. The van der Waals surface area contributed by atoms with Crippen LogP contribution in [0.4, 0.5) is 23.4 Å². The number of nitrogens with zero attached hydrogens (tertiary/aromatic N) is 2. The lowest BCUT2D eigenvalue weighted by molar-refractivity contribution is -0.153. The summed E-state index contributed by atoms with van der Waals surface area (Å²) in [6.45, 7) is 0.376. The molecule has 0 radical (unpaired) electrons. The van der Waals surface area contributed by atoms with Crippen LogP contribution in [0.3, 0.4) is 0 Å². The van der Waals surface area contributed by atoms with Crippen molar-refractivity contribution in [3.63, 3.8) is 0 Å². The van der Waals surface area contributed by atoms with Crippen LogP contribution in [0.5, 0.6) is 11.8 Å². The van der Waals surface area contributed by atoms with Gasteiger partial charge in [0.25, 0.3) is 5.56 Å². The first kappa shape index (κ1) is 19.6. The zero-order valence-electron chi connectivity index (χ0n) is 14.6. The molecule has 28 heavy (non-hydrogen) atoms. The average molecular weight is 401 g/mol. The summed E-state index contributed by atoms with van der Waals surface area (Å²) >= 11 is 0. The van der Waals surface area contributed by atoms with Crippen molar-refractivity contribution in [2.45, 2.75) is 25.9 Å². The predicted molar refractivity (Wildman–Crippen MR) is 89.5 cm³/mol. The van der Waals surface area contributed by atoms with Crippen LogP contribution in [0.1, 0.15) is 18.9 Å². The first-order valence-corrected chi connectivity index (χ1v) is 8.27. The normalized spacial score (nSPS) is 13.2. The fourth-order valence-corrected chi connectivity index (χ4v) is 2.56. The number of hydrogen-bond acceptors (Lipinski definition) is 5. The molecule has 2 aromatic rings. The zero-order valence-corrected chi connectivity index (χ0v) is 14.6. The molecule has 150 valence electrons. The Hall–Kier alpha value is -3.11. The molecule has 0 unspecified atom stereocenters. The largest absolute Gasteiger partial charge is 0.481 e. The van der Waals surface area contributed by atoms with Crippen molar-refractivity contribution in [2.24, 2.45) is 0 Å². The second-order valence-corrected chi connectivity index (χ2v) is 5.95. The quantitative estimate of drug-likeness (QED) is 0.753. The third kappa shape index (κ3) is 4.07. The van der Waals surface area contributed by atoms with E-state index in [1.54, 1.807) is 0 Å². The van der Waals surface area contributed by atoms with E-state index in [9.17, 15) is 27.2 Å². The number of rotatable bonds is 6. The highest BCUT2D eigenvalue weighted by atomic mass is 19.4. The highest BCUT2D eigenvalue weighted by Gasteiger charge is 2.30. The third-order valence-electron chi connectivity index (χ3n) is 3.74. The van der Waals surface area contributed by atoms with Crippen molar-refractivity contribution >= 4 is 11.7 Å². The molecular weight excluding hydrogens is 386 g/mol. The monoisotopic (exact) mass is 401 g/mol. The van der Waals surface area contributed by atoms with E-state index in [0.717, 1.165) is 16.7 Å². The summed E-state index contributed by atoms with van der Waals surface area (Å²) in [5.41, 5.74) is -0.577. The number of fused-ring (bicyclic) bond motifs is 1. The Morgan fingerprint density at radius 2 is 2.00 bits per heavy atom. The number of anilines is 1. The molecule has 0 atom stereocenters. The fraction of sp³-hybridized carbons (Fsp3) is 0.353. The summed E-state index contributed by atoms with van der Waals surface area (Å²) in [7, 11) is 0. The van der Waals surface area contributed by atoms with Crippen LogP contribution in [0.2, 0.25) is 0 Å². The summed E-state index contributed by atoms with van der Waals surface area (Å²) < 4.78 is 61.8. The second-order valence-electron chi connectivity index (χ2n) is 5.95. The lowest BCUT2D eigenvalue weighted by Crippen LogP contribution is -2.25. The SMILES string of the molecule is CCCOc1nc2c(c(=O)n1-c1ccc(OCC(F)(F)F)c(F)c1)CC(=O)N2. The molecule has 11 heteroatoms. The average Bonchev–Trinajstić information content (AvgIpc) is 2.99. The molecule has 1 aliphatic rings. The maximum atomic E-state index is 14.2. The van der Waals surface area contributed by atoms with Crippen molar-refractivity contribution in [2.75, 3.05) is 18.5 Å². The first-order valence-electron chi connectivity index (χ1n) is 8.27. The minimum Gasteiger partial charge on any atom is -0.481 e. The van der Waals surface area contributed by atoms with Crippen LogP contribution in [-0.4, -0.2) is 34.8 Å². The van der Waals surface area contributed by atoms with Gasteiger partial charge >= 0.3 is 12.2 Å². The molecule has 7 nitrogen and oxygen atoms in total. The Labute approximate surface area is 155 Å². The van der Waals surface area contributed by atoms with E-state index in [4.69, 9.17) is 4.74 Å². The molecule has 1 aromatic heterocycles. The number of nitrogens with one attached hydrogen (secondary N) is 1. The topological polar surface area (TPSA) is 82.4 Å². The van der Waals surface area contributed by atoms with E-state index in [1.165, 1.54) is 6.07 Å². The van der Waals surface area contributed by atoms with Crippen molar-refractivity contribution < 1.29 is 31.8 Å². The highest BCUT2D eigenvalue weighted by molar-refractivity contribution is 5.97. The first-order chi connectivity index (χ1) is 13.2. The molecule has 1 aromatic carbocycles. The third-order valence-corrected chi connectivity index (χ3v) is 3.74. The van der Waals surface area contributed by atoms with E-state index < -0.39 is 35.8 Å². The van der Waals surface area contributed by atoms with Crippen LogP contribution < -0.4 is 20.3 Å². The molecule has 1 N–H and O–H groups in total. The zero-order chi connectivity index (χ0) is 20.5. The molecular formula is C17H15F4N3O4. The van der Waals surface area contributed by atoms with Crippen LogP contribution in [0.25, 0.3) is 5.69 Å². The predicted octanol–water partition coefficient (Wildman–Crippen LogP) is 2.60. The Morgan fingerprint density at radius 1 is 1.25 bits per heavy atom. The maximum absolute atomic E-state index is 14.2. The van der Waals surface area contributed by atoms with Gasteiger partial charge in [-0.15, -0.1) is 0 Å². The Morgan fingerprint density at radius 3 is 2.64 bits per heavy atom. The molecule has 0 saturated carbocycles. The Kier molecular flexibility index (Phi) is 5.25. The molecule has 1 aliphatic heterocycles. The molecule has 0 spiro atoms. The molecule has 0 saturated heterocycles. The van der Waals surface area contributed by atoms with E-state index in [0.29, 0.717) is 6.42 Å². The van der Waals surface area contributed by atoms with Crippen molar-refractivity contribution in [1.29, 1.82) is 0 Å². The number of carbonyl (C=O) groups excluding carboxylic acids is 1. The van der Waals surface area contributed by atoms with E-state index in [2.05, 4.69) is 15.0 Å². The van der Waals surface area contributed by atoms with Gasteiger partial charge in [0.1, 0.15) is 5.82 Å². The molecule has 0 fully saturated rings. The Bertz CT molecular complexity index is 972. The van der Waals surface area contributed by atoms with E-state index in [-0.39, 0.29) is 36.1 Å². The van der Waals surface area contributed by atoms with Crippen LogP contribution in [-0.2, 0) is 11.2 Å². The van der Waals surface area contributed by atoms with Crippen LogP contribution >= 0.6 is 0 Å². The molecule has 1 amide bonds. The highest BCUT2D eigenvalue weighted by Crippen LogP contribution is 2.27. The van der Waals surface area contributed by atoms with Gasteiger partial charge in [0, 0.05) is 6.07 Å². The van der Waals surface area contributed by atoms with Gasteiger partial charge in [0.2, 0.25) is 5.91 Å². The van der Waals surface area contributed by atoms with Gasteiger partial charge in [-0.25, -0.2) is 8.96 Å². The Balaban J connectivity index is 2.03. The summed E-state index contributed by atoms with van der Waals surface area (Å²) in [5.74, 6) is -2.05. The number of benzene rings is 1. The number of carbonyl (C=O) groups is 1. The van der Waals surface area contributed by atoms with Gasteiger partial charge in [0.15, 0.2) is 18.2 Å². The number of halogens is 4. The lowest BCUT2D eigenvalue weighted by Gasteiger charge is -2.15. The van der Waals surface area contributed by atoms with Gasteiger partial charge in [-0.3, -0.25) is 9.59 Å². The van der Waals surface area contributed by atoms with E-state index >= 15 is 0 Å². The molecule has 0 aliphatic carbocycles. The van der Waals surface area contributed by atoms with Gasteiger partial charge in [-0.05, 0) is 18.6 Å². The van der Waals surface area contributed by atoms with Crippen LogP contribution in [0, 0.1) is 5.82 Å². The number of amides is 1. The van der Waals surface area contributed by atoms with Crippen LogP contribution in [0.15, 0.2) is 23.0 Å². The standard InChI is InChI=1S/C17H15F4N3O4/c1-2-5-27-16-23-14-10(7-13(25)22-14)15(26)24(16)9-3-4-12(11(18)6-9)28-8-17(19,20)21/h3-4,6H,2,5,7-8H2,1H3,(H,22,25). The van der Waals surface area contributed by atoms with Crippen molar-refractivity contribution in [3.8, 4) is 17.4 Å². The number of ether oxygens (including phenoxy) is 2.